The summed E-state index contributed by atoms with van der Waals surface area (Å²) in [6.07, 6.45) is 4.41. The molecule has 2 N–H and O–H groups in total. The SMILES string of the molecule is O=C(NC1NC(c2ccco2)=C(C(=O)C2CCOCC2)S1)c1ccco1. The van der Waals surface area contributed by atoms with Crippen LogP contribution in [0.2, 0.25) is 0 Å². The van der Waals surface area contributed by atoms with Crippen LogP contribution in [0.15, 0.2) is 50.5 Å². The number of hydrogen-bond donors (Lipinski definition) is 2. The second kappa shape index (κ2) is 7.43. The standard InChI is InChI=1S/C18H18N2O5S/c21-15(11-5-9-23-10-6-11)16-14(12-3-1-7-24-12)19-18(26-16)20-17(22)13-4-2-8-25-13/h1-4,7-8,11,18-19H,5-6,9-10H2,(H,20,22). The van der Waals surface area contributed by atoms with Gasteiger partial charge < -0.3 is 24.2 Å². The third-order valence-corrected chi connectivity index (χ3v) is 5.44. The molecule has 0 aromatic carbocycles. The van der Waals surface area contributed by atoms with Gasteiger partial charge in [0, 0.05) is 19.1 Å². The molecule has 0 spiro atoms. The average molecular weight is 374 g/mol. The van der Waals surface area contributed by atoms with Crippen molar-refractivity contribution in [2.45, 2.75) is 18.3 Å². The fourth-order valence-corrected chi connectivity index (χ4v) is 4.14. The first kappa shape index (κ1) is 17.0. The third-order valence-electron chi connectivity index (χ3n) is 4.33. The van der Waals surface area contributed by atoms with Crippen molar-refractivity contribution in [3.05, 3.63) is 53.2 Å². The second-order valence-corrected chi connectivity index (χ2v) is 7.14. The summed E-state index contributed by atoms with van der Waals surface area (Å²) in [7, 11) is 0. The van der Waals surface area contributed by atoms with Crippen LogP contribution in [0.5, 0.6) is 0 Å². The number of furan rings is 2. The molecule has 0 bridgehead atoms. The van der Waals surface area contributed by atoms with Crippen LogP contribution in [0.4, 0.5) is 0 Å². The Morgan fingerprint density at radius 1 is 1.12 bits per heavy atom. The highest BCUT2D eigenvalue weighted by Crippen LogP contribution is 2.38. The number of rotatable bonds is 5. The molecule has 0 saturated carbocycles. The first-order valence-electron chi connectivity index (χ1n) is 8.40. The van der Waals surface area contributed by atoms with Gasteiger partial charge in [-0.1, -0.05) is 11.8 Å². The molecule has 8 heteroatoms. The van der Waals surface area contributed by atoms with Gasteiger partial charge in [0.1, 0.15) is 0 Å². The highest BCUT2D eigenvalue weighted by molar-refractivity contribution is 8.05. The monoisotopic (exact) mass is 374 g/mol. The Bertz CT molecular complexity index is 807. The first-order chi connectivity index (χ1) is 12.7. The van der Waals surface area contributed by atoms with Gasteiger partial charge in [-0.3, -0.25) is 9.59 Å². The minimum atomic E-state index is -0.480. The molecule has 1 fully saturated rings. The minimum absolute atomic E-state index is 0.0620. The van der Waals surface area contributed by atoms with E-state index in [0.29, 0.717) is 42.4 Å². The topological polar surface area (TPSA) is 93.7 Å². The van der Waals surface area contributed by atoms with Crippen molar-refractivity contribution >= 4 is 29.1 Å². The molecule has 0 radical (unpaired) electrons. The van der Waals surface area contributed by atoms with Gasteiger partial charge in [-0.15, -0.1) is 0 Å². The van der Waals surface area contributed by atoms with Crippen LogP contribution in [0.25, 0.3) is 5.70 Å². The molecular weight excluding hydrogens is 356 g/mol. The molecule has 1 saturated heterocycles. The number of Topliss-reactive ketones (excluding diaryl/α,β-unsaturated/α-hetero) is 1. The number of hydrogen-bond acceptors (Lipinski definition) is 7. The highest BCUT2D eigenvalue weighted by Gasteiger charge is 2.35. The Morgan fingerprint density at radius 3 is 2.58 bits per heavy atom. The fraction of sp³-hybridized carbons (Fsp3) is 0.333. The van der Waals surface area contributed by atoms with Gasteiger partial charge >= 0.3 is 0 Å². The lowest BCUT2D eigenvalue weighted by molar-refractivity contribution is -0.121. The Labute approximate surface area is 154 Å². The molecule has 2 aliphatic heterocycles. The average Bonchev–Trinajstić information content (AvgIpc) is 3.42. The van der Waals surface area contributed by atoms with Crippen LogP contribution in [0, 0.1) is 5.92 Å². The molecular formula is C18H18N2O5S. The molecule has 2 aliphatic rings. The van der Waals surface area contributed by atoms with E-state index < -0.39 is 5.50 Å². The van der Waals surface area contributed by atoms with Gasteiger partial charge in [0.05, 0.1) is 23.1 Å². The number of thioether (sulfide) groups is 1. The number of allylic oxidation sites excluding steroid dienone is 1. The van der Waals surface area contributed by atoms with Gasteiger partial charge in [-0.25, -0.2) is 0 Å². The zero-order valence-corrected chi connectivity index (χ0v) is 14.7. The van der Waals surface area contributed by atoms with Crippen molar-refractivity contribution in [3.8, 4) is 0 Å². The fourth-order valence-electron chi connectivity index (χ4n) is 3.00. The normalized spacial score (nSPS) is 20.8. The summed E-state index contributed by atoms with van der Waals surface area (Å²) >= 11 is 1.29. The van der Waals surface area contributed by atoms with Gasteiger partial charge in [0.25, 0.3) is 5.91 Å². The van der Waals surface area contributed by atoms with Crippen molar-refractivity contribution in [3.63, 3.8) is 0 Å². The summed E-state index contributed by atoms with van der Waals surface area (Å²) in [5.74, 6) is 0.432. The van der Waals surface area contributed by atoms with Gasteiger partial charge in [-0.2, -0.15) is 0 Å². The van der Waals surface area contributed by atoms with Crippen LogP contribution in [0.1, 0.15) is 29.2 Å². The summed E-state index contributed by atoms with van der Waals surface area (Å²) in [5.41, 5.74) is 0.132. The van der Waals surface area contributed by atoms with E-state index in [1.165, 1.54) is 18.0 Å². The molecule has 4 rings (SSSR count). The molecule has 2 aromatic rings. The molecule has 2 aromatic heterocycles. The second-order valence-electron chi connectivity index (χ2n) is 6.03. The van der Waals surface area contributed by atoms with Crippen LogP contribution in [-0.4, -0.2) is 30.4 Å². The third kappa shape index (κ3) is 3.42. The van der Waals surface area contributed by atoms with Gasteiger partial charge in [0.2, 0.25) is 0 Å². The van der Waals surface area contributed by atoms with Crippen molar-refractivity contribution in [2.75, 3.05) is 13.2 Å². The lowest BCUT2D eigenvalue weighted by Gasteiger charge is -2.21. The van der Waals surface area contributed by atoms with E-state index in [1.54, 1.807) is 30.5 Å². The van der Waals surface area contributed by atoms with Crippen LogP contribution >= 0.6 is 11.8 Å². The number of carbonyl (C=O) groups excluding carboxylic acids is 2. The maximum absolute atomic E-state index is 13.0. The summed E-state index contributed by atoms with van der Waals surface area (Å²) in [4.78, 5) is 25.8. The Balaban J connectivity index is 1.53. The van der Waals surface area contributed by atoms with E-state index in [1.807, 2.05) is 0 Å². The predicted octanol–water partition coefficient (Wildman–Crippen LogP) is 2.59. The van der Waals surface area contributed by atoms with Crippen LogP contribution < -0.4 is 10.6 Å². The van der Waals surface area contributed by atoms with Crippen molar-refractivity contribution in [1.29, 1.82) is 0 Å². The molecule has 4 heterocycles. The van der Waals surface area contributed by atoms with Crippen molar-refractivity contribution in [1.82, 2.24) is 10.6 Å². The summed E-state index contributed by atoms with van der Waals surface area (Å²) in [6, 6.07) is 6.79. The lowest BCUT2D eigenvalue weighted by atomic mass is 9.94. The van der Waals surface area contributed by atoms with Gasteiger partial charge in [0.15, 0.2) is 22.8 Å². The van der Waals surface area contributed by atoms with E-state index in [4.69, 9.17) is 13.6 Å². The zero-order chi connectivity index (χ0) is 17.9. The van der Waals surface area contributed by atoms with E-state index in [9.17, 15) is 9.59 Å². The zero-order valence-electron chi connectivity index (χ0n) is 13.9. The van der Waals surface area contributed by atoms with E-state index in [0.717, 1.165) is 0 Å². The number of ether oxygens (including phenoxy) is 1. The highest BCUT2D eigenvalue weighted by atomic mass is 32.2. The molecule has 26 heavy (non-hydrogen) atoms. The number of nitrogens with one attached hydrogen (secondary N) is 2. The van der Waals surface area contributed by atoms with Crippen molar-refractivity contribution < 1.29 is 23.2 Å². The predicted molar refractivity (Wildman–Crippen MR) is 94.9 cm³/mol. The number of amides is 1. The molecule has 0 aliphatic carbocycles. The maximum Gasteiger partial charge on any atom is 0.289 e. The number of ketones is 1. The summed E-state index contributed by atoms with van der Waals surface area (Å²) < 4.78 is 15.9. The minimum Gasteiger partial charge on any atom is -0.463 e. The van der Waals surface area contributed by atoms with Gasteiger partial charge in [-0.05, 0) is 37.1 Å². The van der Waals surface area contributed by atoms with Crippen LogP contribution in [-0.2, 0) is 9.53 Å². The first-order valence-corrected chi connectivity index (χ1v) is 9.28. The van der Waals surface area contributed by atoms with E-state index >= 15 is 0 Å². The van der Waals surface area contributed by atoms with Crippen LogP contribution in [0.3, 0.4) is 0 Å². The summed E-state index contributed by atoms with van der Waals surface area (Å²) in [5, 5.41) is 6.00. The van der Waals surface area contributed by atoms with E-state index in [2.05, 4.69) is 10.6 Å². The maximum atomic E-state index is 13.0. The molecule has 1 unspecified atom stereocenters. The Morgan fingerprint density at radius 2 is 1.88 bits per heavy atom. The summed E-state index contributed by atoms with van der Waals surface area (Å²) in [6.45, 7) is 1.19. The Kier molecular flexibility index (Phi) is 4.85. The molecule has 7 nitrogen and oxygen atoms in total. The molecule has 1 amide bonds. The van der Waals surface area contributed by atoms with E-state index in [-0.39, 0.29) is 23.4 Å². The lowest BCUT2D eigenvalue weighted by Crippen LogP contribution is -2.39. The smallest absolute Gasteiger partial charge is 0.289 e. The van der Waals surface area contributed by atoms with Crippen molar-refractivity contribution in [2.24, 2.45) is 5.92 Å². The molecule has 1 atom stereocenters. The molecule has 136 valence electrons. The number of carbonyl (C=O) groups is 2. The quantitative estimate of drug-likeness (QED) is 0.831. The Hall–Kier alpha value is -2.45. The largest absolute Gasteiger partial charge is 0.463 e.